The van der Waals surface area contributed by atoms with Gasteiger partial charge in [-0.1, -0.05) is 97.1 Å². The molecule has 0 bridgehead atoms. The van der Waals surface area contributed by atoms with Crippen molar-refractivity contribution in [3.8, 4) is 27.9 Å². The molecule has 9 aromatic rings. The monoisotopic (exact) mass is 535 g/mol. The Morgan fingerprint density at radius 2 is 1.00 bits per heavy atom. The predicted octanol–water partition coefficient (Wildman–Crippen LogP) is 10.1. The normalized spacial score (nSPS) is 11.8. The van der Waals surface area contributed by atoms with Crippen molar-refractivity contribution in [1.29, 1.82) is 0 Å². The molecule has 3 nitrogen and oxygen atoms in total. The first-order valence-electron chi connectivity index (χ1n) is 14.3. The number of rotatable bonds is 3. The van der Waals surface area contributed by atoms with Gasteiger partial charge in [0.1, 0.15) is 0 Å². The van der Waals surface area contributed by atoms with Gasteiger partial charge in [0, 0.05) is 27.4 Å². The van der Waals surface area contributed by atoms with Gasteiger partial charge in [-0.15, -0.1) is 0 Å². The highest BCUT2D eigenvalue weighted by Crippen LogP contribution is 2.39. The molecule has 196 valence electrons. The molecule has 0 aliphatic carbocycles. The highest BCUT2D eigenvalue weighted by Gasteiger charge is 2.17. The van der Waals surface area contributed by atoms with Crippen molar-refractivity contribution in [3.63, 3.8) is 0 Å². The molecule has 0 N–H and O–H groups in total. The second-order valence-corrected chi connectivity index (χ2v) is 10.9. The van der Waals surface area contributed by atoms with Crippen LogP contribution in [0.15, 0.2) is 152 Å². The zero-order valence-corrected chi connectivity index (χ0v) is 22.8. The molecule has 3 aromatic heterocycles. The zero-order valence-electron chi connectivity index (χ0n) is 22.8. The smallest absolute Gasteiger partial charge is 0.0871 e. The van der Waals surface area contributed by atoms with Gasteiger partial charge in [-0.05, 0) is 65.2 Å². The summed E-state index contributed by atoms with van der Waals surface area (Å²) in [4.78, 5) is 4.83. The Morgan fingerprint density at radius 3 is 1.74 bits per heavy atom. The summed E-state index contributed by atoms with van der Waals surface area (Å²) < 4.78 is 4.71. The maximum Gasteiger partial charge on any atom is 0.0871 e. The van der Waals surface area contributed by atoms with E-state index in [0.29, 0.717) is 0 Å². The highest BCUT2D eigenvalue weighted by atomic mass is 15.0. The van der Waals surface area contributed by atoms with Crippen LogP contribution in [0, 0.1) is 0 Å². The summed E-state index contributed by atoms with van der Waals surface area (Å²) in [7, 11) is 0. The number of benzene rings is 6. The van der Waals surface area contributed by atoms with E-state index in [2.05, 4.69) is 148 Å². The third-order valence-electron chi connectivity index (χ3n) is 8.55. The fourth-order valence-corrected chi connectivity index (χ4v) is 6.70. The minimum Gasteiger partial charge on any atom is -0.309 e. The first kappa shape index (κ1) is 23.1. The second-order valence-electron chi connectivity index (χ2n) is 10.9. The number of hydrogen-bond acceptors (Lipinski definition) is 1. The van der Waals surface area contributed by atoms with Crippen molar-refractivity contribution in [1.82, 2.24) is 14.0 Å². The lowest BCUT2D eigenvalue weighted by Crippen LogP contribution is -1.93. The second kappa shape index (κ2) is 8.92. The molecule has 0 aliphatic heterocycles. The summed E-state index contributed by atoms with van der Waals surface area (Å²) >= 11 is 0. The van der Waals surface area contributed by atoms with Gasteiger partial charge in [0.2, 0.25) is 0 Å². The number of hydrogen-bond donors (Lipinski definition) is 0. The Labute approximate surface area is 242 Å². The van der Waals surface area contributed by atoms with Crippen LogP contribution in [0.2, 0.25) is 0 Å². The van der Waals surface area contributed by atoms with Crippen molar-refractivity contribution in [2.75, 3.05) is 0 Å². The molecule has 0 spiro atoms. The molecule has 0 radical (unpaired) electrons. The van der Waals surface area contributed by atoms with Gasteiger partial charge < -0.3 is 8.97 Å². The number of fused-ring (bicyclic) bond motifs is 8. The van der Waals surface area contributed by atoms with E-state index < -0.39 is 0 Å². The standard InChI is InChI=1S/C39H25N3/c1-5-16-34-30(12-1)31-13-2-6-17-35(31)41(34)29-22-20-26(21-23-29)27-10-9-11-28(24-27)39-32-14-3-7-18-36(32)42-37-19-8-4-15-33(37)40-25-38(39)42/h1-25H. The number of nitrogens with zero attached hydrogens (tertiary/aromatic N) is 3. The van der Waals surface area contributed by atoms with E-state index in [4.69, 9.17) is 4.98 Å². The third kappa shape index (κ3) is 3.31. The van der Waals surface area contributed by atoms with Crippen molar-refractivity contribution >= 4 is 49.3 Å². The van der Waals surface area contributed by atoms with Crippen LogP contribution in [0.3, 0.4) is 0 Å². The fraction of sp³-hybridized carbons (Fsp3) is 0. The van der Waals surface area contributed by atoms with Gasteiger partial charge in [-0.25, -0.2) is 0 Å². The maximum absolute atomic E-state index is 4.83. The first-order chi connectivity index (χ1) is 20.8. The largest absolute Gasteiger partial charge is 0.309 e. The molecule has 0 saturated heterocycles. The van der Waals surface area contributed by atoms with E-state index in [1.807, 2.05) is 12.3 Å². The molecule has 6 aromatic carbocycles. The Balaban J connectivity index is 1.19. The van der Waals surface area contributed by atoms with Gasteiger partial charge in [0.05, 0.1) is 39.3 Å². The van der Waals surface area contributed by atoms with Gasteiger partial charge in [0.25, 0.3) is 0 Å². The lowest BCUT2D eigenvalue weighted by Gasteiger charge is -2.10. The van der Waals surface area contributed by atoms with Crippen LogP contribution in [0.4, 0.5) is 0 Å². The van der Waals surface area contributed by atoms with E-state index in [-0.39, 0.29) is 0 Å². The van der Waals surface area contributed by atoms with Crippen LogP contribution in [0.5, 0.6) is 0 Å². The number of para-hydroxylation sites is 5. The molecule has 3 heterocycles. The average molecular weight is 536 g/mol. The van der Waals surface area contributed by atoms with E-state index >= 15 is 0 Å². The predicted molar refractivity (Wildman–Crippen MR) is 175 cm³/mol. The molecule has 3 heteroatoms. The van der Waals surface area contributed by atoms with Crippen molar-refractivity contribution < 1.29 is 0 Å². The van der Waals surface area contributed by atoms with Gasteiger partial charge in [0.15, 0.2) is 0 Å². The number of aromatic nitrogens is 3. The van der Waals surface area contributed by atoms with E-state index in [9.17, 15) is 0 Å². The maximum atomic E-state index is 4.83. The average Bonchev–Trinajstić information content (AvgIpc) is 3.58. The minimum atomic E-state index is 0.995. The summed E-state index contributed by atoms with van der Waals surface area (Å²) in [5.41, 5.74) is 12.8. The summed E-state index contributed by atoms with van der Waals surface area (Å²) in [6.07, 6.45) is 2.02. The summed E-state index contributed by atoms with van der Waals surface area (Å²) in [6, 6.07) is 52.2. The van der Waals surface area contributed by atoms with Gasteiger partial charge >= 0.3 is 0 Å². The minimum absolute atomic E-state index is 0.995. The Kier molecular flexibility index (Phi) is 4.90. The van der Waals surface area contributed by atoms with Crippen molar-refractivity contribution in [2.45, 2.75) is 0 Å². The third-order valence-corrected chi connectivity index (χ3v) is 8.55. The summed E-state index contributed by atoms with van der Waals surface area (Å²) in [5.74, 6) is 0. The molecular weight excluding hydrogens is 510 g/mol. The van der Waals surface area contributed by atoms with E-state index in [0.717, 1.165) is 22.2 Å². The lowest BCUT2D eigenvalue weighted by atomic mass is 9.97. The van der Waals surface area contributed by atoms with E-state index in [1.165, 1.54) is 55.0 Å². The molecule has 0 atom stereocenters. The lowest BCUT2D eigenvalue weighted by molar-refractivity contribution is 1.18. The Morgan fingerprint density at radius 1 is 0.405 bits per heavy atom. The summed E-state index contributed by atoms with van der Waals surface area (Å²) in [6.45, 7) is 0. The topological polar surface area (TPSA) is 22.2 Å². The van der Waals surface area contributed by atoms with Gasteiger partial charge in [-0.2, -0.15) is 0 Å². The van der Waals surface area contributed by atoms with Crippen molar-refractivity contribution in [3.05, 3.63) is 152 Å². The van der Waals surface area contributed by atoms with Crippen LogP contribution in [-0.4, -0.2) is 14.0 Å². The molecular formula is C39H25N3. The molecule has 9 rings (SSSR count). The fourth-order valence-electron chi connectivity index (χ4n) is 6.70. The quantitative estimate of drug-likeness (QED) is 0.221. The molecule has 0 aliphatic rings. The zero-order chi connectivity index (χ0) is 27.6. The van der Waals surface area contributed by atoms with Crippen LogP contribution in [0.25, 0.3) is 77.2 Å². The van der Waals surface area contributed by atoms with E-state index in [1.54, 1.807) is 0 Å². The molecule has 0 fully saturated rings. The van der Waals surface area contributed by atoms with Crippen LogP contribution >= 0.6 is 0 Å². The van der Waals surface area contributed by atoms with Gasteiger partial charge in [-0.3, -0.25) is 4.98 Å². The van der Waals surface area contributed by atoms with Crippen LogP contribution in [-0.2, 0) is 0 Å². The molecule has 42 heavy (non-hydrogen) atoms. The van der Waals surface area contributed by atoms with Crippen LogP contribution in [0.1, 0.15) is 0 Å². The molecule has 0 unspecified atom stereocenters. The SMILES string of the molecule is c1cc(-c2ccc(-n3c4ccccc4c4ccccc43)cc2)cc(-c2c3ccccc3n3c2cnc2ccccc23)c1. The molecule has 0 amide bonds. The Bertz CT molecular complexity index is 2410. The highest BCUT2D eigenvalue weighted by molar-refractivity contribution is 6.10. The van der Waals surface area contributed by atoms with Crippen molar-refractivity contribution in [2.24, 2.45) is 0 Å². The Hall–Kier alpha value is -5.67. The van der Waals surface area contributed by atoms with Crippen LogP contribution < -0.4 is 0 Å². The summed E-state index contributed by atoms with van der Waals surface area (Å²) in [5, 5.41) is 3.79. The first-order valence-corrected chi connectivity index (χ1v) is 14.3. The molecule has 0 saturated carbocycles.